The third kappa shape index (κ3) is 2.63. The molecule has 5 nitrogen and oxygen atoms in total. The molecule has 0 aromatic heterocycles. The number of hydrogen-bond donors (Lipinski definition) is 3. The molecular weight excluding hydrogens is 250 g/mol. The smallest absolute Gasteiger partial charge is 0.233 e. The molecule has 0 aromatic carbocycles. The van der Waals surface area contributed by atoms with Crippen LogP contribution in [0.1, 0.15) is 33.1 Å². The van der Waals surface area contributed by atoms with Gasteiger partial charge in [0.2, 0.25) is 11.8 Å². The average molecular weight is 271 g/mol. The van der Waals surface area contributed by atoms with Crippen LogP contribution >= 0.6 is 12.2 Å². The second-order valence-corrected chi connectivity index (χ2v) is 5.89. The first-order valence-corrected chi connectivity index (χ1v) is 6.47. The van der Waals surface area contributed by atoms with Crippen molar-refractivity contribution in [3.8, 4) is 0 Å². The summed E-state index contributed by atoms with van der Waals surface area (Å²) in [5.41, 5.74) is 4.32. The summed E-state index contributed by atoms with van der Waals surface area (Å²) >= 11 is 4.98. The Hall–Kier alpha value is -1.17. The van der Waals surface area contributed by atoms with E-state index < -0.39 is 10.8 Å². The first-order chi connectivity index (χ1) is 8.26. The molecule has 1 rings (SSSR count). The molecule has 0 unspecified atom stereocenters. The van der Waals surface area contributed by atoms with E-state index >= 15 is 0 Å². The molecule has 0 bridgehead atoms. The Bertz CT molecular complexity index is 376. The number of carbonyl (C=O) groups is 2. The number of thiocarbonyl (C=S) groups is 1. The Morgan fingerprint density at radius 3 is 2.28 bits per heavy atom. The zero-order valence-corrected chi connectivity index (χ0v) is 11.9. The van der Waals surface area contributed by atoms with Crippen molar-refractivity contribution in [3.63, 3.8) is 0 Å². The van der Waals surface area contributed by atoms with Crippen molar-refractivity contribution in [2.75, 3.05) is 13.6 Å². The molecule has 0 saturated heterocycles. The fourth-order valence-corrected chi connectivity index (χ4v) is 2.30. The third-order valence-corrected chi connectivity index (χ3v) is 4.04. The van der Waals surface area contributed by atoms with Crippen molar-refractivity contribution in [2.45, 2.75) is 33.1 Å². The number of nitrogens with two attached hydrogens (primary N) is 1. The van der Waals surface area contributed by atoms with Gasteiger partial charge in [0.1, 0.15) is 0 Å². The van der Waals surface area contributed by atoms with Crippen molar-refractivity contribution in [3.05, 3.63) is 0 Å². The van der Waals surface area contributed by atoms with Gasteiger partial charge in [0.15, 0.2) is 0 Å². The normalized spacial score (nSPS) is 17.5. The molecule has 0 atom stereocenters. The summed E-state index contributed by atoms with van der Waals surface area (Å²) in [5, 5.41) is 5.37. The minimum Gasteiger partial charge on any atom is -0.392 e. The Kier molecular flexibility index (Phi) is 4.32. The lowest BCUT2D eigenvalue weighted by Gasteiger charge is -2.39. The summed E-state index contributed by atoms with van der Waals surface area (Å²) in [6.07, 6.45) is 2.37. The van der Waals surface area contributed by atoms with E-state index in [1.165, 1.54) is 0 Å². The standard InChI is InChI=1S/C12H21N3O2S/c1-11(2,9(16)14-3)7-15-10(17)12(8(13)18)5-4-6-12/h4-7H2,1-3H3,(H2,13,18)(H,14,16)(H,15,17). The average Bonchev–Trinajstić information content (AvgIpc) is 2.23. The van der Waals surface area contributed by atoms with Gasteiger partial charge in [0.25, 0.3) is 0 Å². The van der Waals surface area contributed by atoms with Gasteiger partial charge in [-0.1, -0.05) is 18.6 Å². The van der Waals surface area contributed by atoms with Gasteiger partial charge < -0.3 is 16.4 Å². The second-order valence-electron chi connectivity index (χ2n) is 5.45. The molecule has 1 fully saturated rings. The van der Waals surface area contributed by atoms with Gasteiger partial charge in [-0.25, -0.2) is 0 Å². The Balaban J connectivity index is 2.61. The van der Waals surface area contributed by atoms with Gasteiger partial charge >= 0.3 is 0 Å². The largest absolute Gasteiger partial charge is 0.392 e. The Morgan fingerprint density at radius 2 is 1.94 bits per heavy atom. The van der Waals surface area contributed by atoms with E-state index in [0.29, 0.717) is 12.8 Å². The van der Waals surface area contributed by atoms with Crippen LogP contribution in [0.5, 0.6) is 0 Å². The van der Waals surface area contributed by atoms with Crippen molar-refractivity contribution in [1.82, 2.24) is 10.6 Å². The fourth-order valence-electron chi connectivity index (χ4n) is 2.00. The zero-order chi connectivity index (χ0) is 14.0. The first kappa shape index (κ1) is 14.9. The molecular formula is C12H21N3O2S. The molecule has 6 heteroatoms. The number of carbonyl (C=O) groups excluding carboxylic acids is 2. The highest BCUT2D eigenvalue weighted by Crippen LogP contribution is 2.41. The van der Waals surface area contributed by atoms with Crippen LogP contribution in [0.4, 0.5) is 0 Å². The molecule has 2 amide bonds. The summed E-state index contributed by atoms with van der Waals surface area (Å²) in [6, 6.07) is 0. The van der Waals surface area contributed by atoms with Crippen LogP contribution < -0.4 is 16.4 Å². The quantitative estimate of drug-likeness (QED) is 0.629. The maximum absolute atomic E-state index is 12.1. The van der Waals surface area contributed by atoms with E-state index in [-0.39, 0.29) is 23.3 Å². The number of hydrogen-bond acceptors (Lipinski definition) is 3. The topological polar surface area (TPSA) is 84.2 Å². The van der Waals surface area contributed by atoms with E-state index in [0.717, 1.165) is 6.42 Å². The van der Waals surface area contributed by atoms with Gasteiger partial charge in [0.05, 0.1) is 15.8 Å². The van der Waals surface area contributed by atoms with Gasteiger partial charge in [-0.15, -0.1) is 0 Å². The molecule has 0 spiro atoms. The molecule has 0 aliphatic heterocycles. The Labute approximate surface area is 113 Å². The number of amides is 2. The number of rotatable bonds is 5. The van der Waals surface area contributed by atoms with Crippen LogP contribution in [0.25, 0.3) is 0 Å². The SMILES string of the molecule is CNC(=O)C(C)(C)CNC(=O)C1(C(N)=S)CCC1. The van der Waals surface area contributed by atoms with Gasteiger partial charge in [-0.3, -0.25) is 9.59 Å². The van der Waals surface area contributed by atoms with E-state index in [1.54, 1.807) is 20.9 Å². The van der Waals surface area contributed by atoms with Crippen molar-refractivity contribution < 1.29 is 9.59 Å². The molecule has 102 valence electrons. The van der Waals surface area contributed by atoms with Crippen molar-refractivity contribution in [1.29, 1.82) is 0 Å². The zero-order valence-electron chi connectivity index (χ0n) is 11.1. The highest BCUT2D eigenvalue weighted by Gasteiger charge is 2.47. The lowest BCUT2D eigenvalue weighted by molar-refractivity contribution is -0.133. The van der Waals surface area contributed by atoms with Gasteiger partial charge in [0, 0.05) is 13.6 Å². The lowest BCUT2D eigenvalue weighted by Crippen LogP contribution is -2.55. The van der Waals surface area contributed by atoms with E-state index in [9.17, 15) is 9.59 Å². The highest BCUT2D eigenvalue weighted by molar-refractivity contribution is 7.80. The summed E-state index contributed by atoms with van der Waals surface area (Å²) < 4.78 is 0. The summed E-state index contributed by atoms with van der Waals surface area (Å²) in [4.78, 5) is 24.0. The lowest BCUT2D eigenvalue weighted by atomic mass is 9.68. The highest BCUT2D eigenvalue weighted by atomic mass is 32.1. The van der Waals surface area contributed by atoms with E-state index in [2.05, 4.69) is 10.6 Å². The molecule has 0 heterocycles. The van der Waals surface area contributed by atoms with Gasteiger partial charge in [-0.05, 0) is 26.7 Å². The maximum Gasteiger partial charge on any atom is 0.233 e. The predicted molar refractivity (Wildman–Crippen MR) is 73.9 cm³/mol. The molecule has 0 aromatic rings. The molecule has 0 radical (unpaired) electrons. The molecule has 1 saturated carbocycles. The predicted octanol–water partition coefficient (Wildman–Crippen LogP) is 0.331. The minimum atomic E-state index is -0.686. The molecule has 18 heavy (non-hydrogen) atoms. The summed E-state index contributed by atoms with van der Waals surface area (Å²) in [7, 11) is 1.58. The summed E-state index contributed by atoms with van der Waals surface area (Å²) in [6.45, 7) is 3.83. The van der Waals surface area contributed by atoms with E-state index in [4.69, 9.17) is 18.0 Å². The second kappa shape index (κ2) is 5.22. The molecule has 4 N–H and O–H groups in total. The van der Waals surface area contributed by atoms with Gasteiger partial charge in [-0.2, -0.15) is 0 Å². The van der Waals surface area contributed by atoms with Crippen LogP contribution in [0.3, 0.4) is 0 Å². The molecule has 1 aliphatic rings. The summed E-state index contributed by atoms with van der Waals surface area (Å²) in [5.74, 6) is -0.265. The van der Waals surface area contributed by atoms with Crippen LogP contribution in [0, 0.1) is 10.8 Å². The molecule has 1 aliphatic carbocycles. The fraction of sp³-hybridized carbons (Fsp3) is 0.750. The van der Waals surface area contributed by atoms with Crippen LogP contribution in [0.15, 0.2) is 0 Å². The third-order valence-electron chi connectivity index (χ3n) is 3.65. The minimum absolute atomic E-state index is 0.110. The monoisotopic (exact) mass is 271 g/mol. The number of nitrogens with one attached hydrogen (secondary N) is 2. The van der Waals surface area contributed by atoms with Crippen LogP contribution in [-0.4, -0.2) is 30.4 Å². The maximum atomic E-state index is 12.1. The van der Waals surface area contributed by atoms with Crippen molar-refractivity contribution in [2.24, 2.45) is 16.6 Å². The van der Waals surface area contributed by atoms with Crippen LogP contribution in [-0.2, 0) is 9.59 Å². The van der Waals surface area contributed by atoms with Crippen molar-refractivity contribution >= 4 is 29.0 Å². The Morgan fingerprint density at radius 1 is 1.39 bits per heavy atom. The first-order valence-electron chi connectivity index (χ1n) is 6.07. The van der Waals surface area contributed by atoms with E-state index in [1.807, 2.05) is 0 Å². The van der Waals surface area contributed by atoms with Crippen LogP contribution in [0.2, 0.25) is 0 Å².